The number of nitrogens with zero attached hydrogens (tertiary/aromatic N) is 3. The molecule has 184 valence electrons. The second-order valence-corrected chi connectivity index (χ2v) is 11.2. The van der Waals surface area contributed by atoms with Gasteiger partial charge in [-0.15, -0.1) is 0 Å². The van der Waals surface area contributed by atoms with Gasteiger partial charge in [0.15, 0.2) is 9.84 Å². The van der Waals surface area contributed by atoms with E-state index in [1.807, 2.05) is 85.9 Å². The Morgan fingerprint density at radius 2 is 1.81 bits per heavy atom. The summed E-state index contributed by atoms with van der Waals surface area (Å²) in [6.07, 6.45) is 5.56. The molecule has 7 nitrogen and oxygen atoms in total. The number of carbonyl (C=O) groups excluding carboxylic acids is 1. The highest BCUT2D eigenvalue weighted by molar-refractivity contribution is 7.91. The van der Waals surface area contributed by atoms with Crippen molar-refractivity contribution >= 4 is 21.8 Å². The van der Waals surface area contributed by atoms with E-state index in [4.69, 9.17) is 9.52 Å². The van der Waals surface area contributed by atoms with Crippen molar-refractivity contribution in [2.24, 2.45) is 0 Å². The SMILES string of the molecule is Cc1ccc(CN(C(=O)/C=C/c2cn(-c3ccccc3)nc2-c2ccccc2)C2CCS(=O)(=O)C2)o1. The summed E-state index contributed by atoms with van der Waals surface area (Å²) in [6, 6.07) is 22.8. The minimum Gasteiger partial charge on any atom is -0.464 e. The number of para-hydroxylation sites is 1. The molecule has 1 saturated heterocycles. The zero-order valence-electron chi connectivity index (χ0n) is 19.9. The van der Waals surface area contributed by atoms with Crippen LogP contribution in [0.3, 0.4) is 0 Å². The summed E-state index contributed by atoms with van der Waals surface area (Å²) in [6.45, 7) is 2.05. The maximum absolute atomic E-state index is 13.4. The van der Waals surface area contributed by atoms with E-state index < -0.39 is 15.9 Å². The fraction of sp³-hybridized carbons (Fsp3) is 0.214. The summed E-state index contributed by atoms with van der Waals surface area (Å²) in [4.78, 5) is 15.0. The van der Waals surface area contributed by atoms with Crippen LogP contribution in [0.2, 0.25) is 0 Å². The Bertz CT molecular complexity index is 1490. The van der Waals surface area contributed by atoms with Crippen molar-refractivity contribution in [3.05, 3.63) is 102 Å². The lowest BCUT2D eigenvalue weighted by atomic mass is 10.1. The van der Waals surface area contributed by atoms with E-state index in [2.05, 4.69) is 0 Å². The quantitative estimate of drug-likeness (QED) is 0.344. The Kier molecular flexibility index (Phi) is 6.61. The minimum atomic E-state index is -3.16. The molecule has 2 aromatic heterocycles. The lowest BCUT2D eigenvalue weighted by Gasteiger charge is -2.26. The zero-order valence-corrected chi connectivity index (χ0v) is 20.8. The van der Waals surface area contributed by atoms with Gasteiger partial charge in [0, 0.05) is 29.4 Å². The average Bonchev–Trinajstić information content (AvgIpc) is 3.60. The van der Waals surface area contributed by atoms with Crippen molar-refractivity contribution in [1.29, 1.82) is 0 Å². The molecule has 1 amide bonds. The van der Waals surface area contributed by atoms with E-state index in [-0.39, 0.29) is 24.0 Å². The van der Waals surface area contributed by atoms with E-state index >= 15 is 0 Å². The first-order valence-electron chi connectivity index (χ1n) is 11.8. The molecule has 0 saturated carbocycles. The van der Waals surface area contributed by atoms with Gasteiger partial charge < -0.3 is 9.32 Å². The van der Waals surface area contributed by atoms with Crippen LogP contribution < -0.4 is 0 Å². The number of rotatable bonds is 7. The van der Waals surface area contributed by atoms with Gasteiger partial charge in [-0.2, -0.15) is 5.10 Å². The van der Waals surface area contributed by atoms with Crippen LogP contribution in [0, 0.1) is 6.92 Å². The molecule has 1 unspecified atom stereocenters. The molecule has 2 aromatic carbocycles. The van der Waals surface area contributed by atoms with Gasteiger partial charge in [-0.25, -0.2) is 13.1 Å². The number of benzene rings is 2. The molecule has 1 atom stereocenters. The third-order valence-corrected chi connectivity index (χ3v) is 8.02. The van der Waals surface area contributed by atoms with Crippen LogP contribution in [0.4, 0.5) is 0 Å². The summed E-state index contributed by atoms with van der Waals surface area (Å²) in [5, 5.41) is 4.79. The van der Waals surface area contributed by atoms with Crippen LogP contribution in [-0.2, 0) is 21.2 Å². The number of hydrogen-bond donors (Lipinski definition) is 0. The van der Waals surface area contributed by atoms with Gasteiger partial charge in [0.2, 0.25) is 5.91 Å². The predicted molar refractivity (Wildman–Crippen MR) is 139 cm³/mol. The highest BCUT2D eigenvalue weighted by Crippen LogP contribution is 2.26. The van der Waals surface area contributed by atoms with Crippen LogP contribution in [-0.4, -0.2) is 46.6 Å². The molecule has 36 heavy (non-hydrogen) atoms. The van der Waals surface area contributed by atoms with Crippen LogP contribution in [0.1, 0.15) is 23.5 Å². The Balaban J connectivity index is 1.47. The number of sulfone groups is 1. The second kappa shape index (κ2) is 9.99. The molecule has 1 fully saturated rings. The smallest absolute Gasteiger partial charge is 0.247 e. The Morgan fingerprint density at radius 3 is 2.44 bits per heavy atom. The van der Waals surface area contributed by atoms with E-state index in [9.17, 15) is 13.2 Å². The maximum atomic E-state index is 13.4. The molecule has 0 N–H and O–H groups in total. The van der Waals surface area contributed by atoms with E-state index in [1.54, 1.807) is 15.7 Å². The fourth-order valence-electron chi connectivity index (χ4n) is 4.45. The first kappa shape index (κ1) is 23.8. The highest BCUT2D eigenvalue weighted by Gasteiger charge is 2.34. The number of amides is 1. The highest BCUT2D eigenvalue weighted by atomic mass is 32.2. The molecule has 0 aliphatic carbocycles. The summed E-state index contributed by atoms with van der Waals surface area (Å²) < 4.78 is 31.8. The monoisotopic (exact) mass is 501 g/mol. The van der Waals surface area contributed by atoms with E-state index in [0.717, 1.165) is 28.3 Å². The van der Waals surface area contributed by atoms with Crippen molar-refractivity contribution in [3.63, 3.8) is 0 Å². The molecule has 3 heterocycles. The number of aromatic nitrogens is 2. The predicted octanol–water partition coefficient (Wildman–Crippen LogP) is 4.67. The molecule has 0 spiro atoms. The fourth-order valence-corrected chi connectivity index (χ4v) is 6.18. The molecule has 5 rings (SSSR count). The molecular weight excluding hydrogens is 474 g/mol. The van der Waals surface area contributed by atoms with Crippen molar-refractivity contribution in [3.8, 4) is 16.9 Å². The summed E-state index contributed by atoms with van der Waals surface area (Å²) in [5.41, 5.74) is 3.38. The van der Waals surface area contributed by atoms with Crippen molar-refractivity contribution < 1.29 is 17.6 Å². The standard InChI is InChI=1S/C28H27N3O4S/c1-21-12-14-26(35-21)19-30(25-16-17-36(33,34)20-25)27(32)15-13-23-18-31(24-10-6-3-7-11-24)29-28(23)22-8-4-2-5-9-22/h2-15,18,25H,16-17,19-20H2,1H3/b15-13+. The second-order valence-electron chi connectivity index (χ2n) is 8.95. The molecule has 0 bridgehead atoms. The van der Waals surface area contributed by atoms with Crippen molar-refractivity contribution in [2.75, 3.05) is 11.5 Å². The number of aryl methyl sites for hydroxylation is 1. The molecule has 1 aliphatic heterocycles. The van der Waals surface area contributed by atoms with E-state index in [1.165, 1.54) is 6.08 Å². The van der Waals surface area contributed by atoms with Gasteiger partial charge >= 0.3 is 0 Å². The Labute approximate surface area is 210 Å². The lowest BCUT2D eigenvalue weighted by Crippen LogP contribution is -2.39. The largest absolute Gasteiger partial charge is 0.464 e. The summed E-state index contributed by atoms with van der Waals surface area (Å²) in [5.74, 6) is 1.16. The number of carbonyl (C=O) groups is 1. The first-order valence-corrected chi connectivity index (χ1v) is 13.6. The van der Waals surface area contributed by atoms with Gasteiger partial charge in [-0.3, -0.25) is 4.79 Å². The van der Waals surface area contributed by atoms with Crippen molar-refractivity contribution in [2.45, 2.75) is 25.9 Å². The third kappa shape index (κ3) is 5.33. The molecule has 1 aliphatic rings. The van der Waals surface area contributed by atoms with Crippen LogP contribution >= 0.6 is 0 Å². The van der Waals surface area contributed by atoms with Gasteiger partial charge in [0.05, 0.1) is 29.4 Å². The third-order valence-electron chi connectivity index (χ3n) is 6.27. The lowest BCUT2D eigenvalue weighted by molar-refractivity contribution is -0.128. The normalized spacial score (nSPS) is 17.0. The van der Waals surface area contributed by atoms with Crippen LogP contribution in [0.15, 0.2) is 89.5 Å². The minimum absolute atomic E-state index is 0.0343. The van der Waals surface area contributed by atoms with Gasteiger partial charge in [-0.1, -0.05) is 48.5 Å². The molecular formula is C28H27N3O4S. The maximum Gasteiger partial charge on any atom is 0.247 e. The number of hydrogen-bond acceptors (Lipinski definition) is 5. The van der Waals surface area contributed by atoms with Crippen LogP contribution in [0.25, 0.3) is 23.0 Å². The summed E-state index contributed by atoms with van der Waals surface area (Å²) >= 11 is 0. The zero-order chi connectivity index (χ0) is 25.1. The van der Waals surface area contributed by atoms with Gasteiger partial charge in [0.25, 0.3) is 0 Å². The Hall–Kier alpha value is -3.91. The van der Waals surface area contributed by atoms with Gasteiger partial charge in [-0.05, 0) is 43.7 Å². The average molecular weight is 502 g/mol. The summed E-state index contributed by atoms with van der Waals surface area (Å²) in [7, 11) is -3.16. The number of furan rings is 1. The van der Waals surface area contributed by atoms with E-state index in [0.29, 0.717) is 12.2 Å². The van der Waals surface area contributed by atoms with Gasteiger partial charge in [0.1, 0.15) is 11.5 Å². The molecule has 4 aromatic rings. The molecule has 0 radical (unpaired) electrons. The first-order chi connectivity index (χ1) is 17.4. The van der Waals surface area contributed by atoms with Crippen LogP contribution in [0.5, 0.6) is 0 Å². The Morgan fingerprint density at radius 1 is 1.08 bits per heavy atom. The van der Waals surface area contributed by atoms with Crippen molar-refractivity contribution in [1.82, 2.24) is 14.7 Å². The topological polar surface area (TPSA) is 85.4 Å². The molecule has 8 heteroatoms.